The first-order valence-electron chi connectivity index (χ1n) is 4.47. The van der Waals surface area contributed by atoms with Crippen LogP contribution in [0.3, 0.4) is 0 Å². The van der Waals surface area contributed by atoms with E-state index in [1.807, 2.05) is 20.8 Å². The summed E-state index contributed by atoms with van der Waals surface area (Å²) in [7, 11) is 0. The molecule has 0 fully saturated rings. The Hall–Kier alpha value is -0.570. The normalized spacial score (nSPS) is 15.6. The molecule has 0 radical (unpaired) electrons. The molecule has 0 aliphatic heterocycles. The molecule has 2 unspecified atom stereocenters. The van der Waals surface area contributed by atoms with E-state index in [0.717, 1.165) is 12.8 Å². The fourth-order valence-electron chi connectivity index (χ4n) is 1.27. The van der Waals surface area contributed by atoms with Gasteiger partial charge in [0.15, 0.2) is 6.10 Å². The van der Waals surface area contributed by atoms with Crippen molar-refractivity contribution in [3.05, 3.63) is 0 Å². The van der Waals surface area contributed by atoms with Crippen molar-refractivity contribution in [3.8, 4) is 0 Å². The molecule has 0 rings (SSSR count). The van der Waals surface area contributed by atoms with Crippen molar-refractivity contribution in [1.82, 2.24) is 0 Å². The van der Waals surface area contributed by atoms with Crippen LogP contribution in [0.5, 0.6) is 0 Å². The summed E-state index contributed by atoms with van der Waals surface area (Å²) in [5.41, 5.74) is 0. The second kappa shape index (κ2) is 6.00. The Morgan fingerprint density at radius 2 is 2.08 bits per heavy atom. The summed E-state index contributed by atoms with van der Waals surface area (Å²) in [6.07, 6.45) is 1.27. The molecule has 3 nitrogen and oxygen atoms in total. The fraction of sp³-hybridized carbons (Fsp3) is 0.889. The minimum atomic E-state index is -0.849. The summed E-state index contributed by atoms with van der Waals surface area (Å²) >= 11 is 0. The predicted molar refractivity (Wildman–Crippen MR) is 47.1 cm³/mol. The summed E-state index contributed by atoms with van der Waals surface area (Å²) in [4.78, 5) is 10.7. The second-order valence-corrected chi connectivity index (χ2v) is 2.98. The highest BCUT2D eigenvalue weighted by atomic mass is 16.5. The zero-order chi connectivity index (χ0) is 9.56. The molecule has 0 amide bonds. The van der Waals surface area contributed by atoms with E-state index < -0.39 is 12.1 Å². The molecule has 0 aromatic heterocycles. The molecule has 0 aliphatic rings. The van der Waals surface area contributed by atoms with Gasteiger partial charge >= 0.3 is 5.97 Å². The van der Waals surface area contributed by atoms with Crippen LogP contribution < -0.4 is 0 Å². The third kappa shape index (κ3) is 3.72. The van der Waals surface area contributed by atoms with Gasteiger partial charge in [-0.15, -0.1) is 0 Å². The van der Waals surface area contributed by atoms with Crippen LogP contribution in [0, 0.1) is 5.92 Å². The van der Waals surface area contributed by atoms with Gasteiger partial charge in [-0.05, 0) is 19.3 Å². The summed E-state index contributed by atoms with van der Waals surface area (Å²) in [5.74, 6) is -0.745. The van der Waals surface area contributed by atoms with Gasteiger partial charge in [0.1, 0.15) is 0 Å². The van der Waals surface area contributed by atoms with E-state index in [1.165, 1.54) is 0 Å². The number of carbonyl (C=O) groups is 1. The molecule has 0 saturated carbocycles. The van der Waals surface area contributed by atoms with Crippen LogP contribution in [0.2, 0.25) is 0 Å². The van der Waals surface area contributed by atoms with E-state index in [2.05, 4.69) is 0 Å². The Morgan fingerprint density at radius 3 is 2.42 bits per heavy atom. The Bertz CT molecular complexity index is 134. The molecule has 0 aromatic rings. The standard InChI is InChI=1S/C9H18O3/c1-4-6-7(3)8(9(10)11)12-5-2/h7-8H,4-6H2,1-3H3,(H,10,11). The van der Waals surface area contributed by atoms with E-state index in [0.29, 0.717) is 6.61 Å². The molecular weight excluding hydrogens is 156 g/mol. The van der Waals surface area contributed by atoms with Gasteiger partial charge < -0.3 is 9.84 Å². The van der Waals surface area contributed by atoms with Crippen LogP contribution >= 0.6 is 0 Å². The van der Waals surface area contributed by atoms with Crippen LogP contribution in [0.15, 0.2) is 0 Å². The average molecular weight is 174 g/mol. The maximum absolute atomic E-state index is 10.7. The van der Waals surface area contributed by atoms with Gasteiger partial charge in [-0.2, -0.15) is 0 Å². The highest BCUT2D eigenvalue weighted by Crippen LogP contribution is 2.13. The molecule has 0 aliphatic carbocycles. The Kier molecular flexibility index (Phi) is 5.72. The molecule has 0 spiro atoms. The van der Waals surface area contributed by atoms with Crippen LogP contribution in [0.25, 0.3) is 0 Å². The number of hydrogen-bond acceptors (Lipinski definition) is 2. The van der Waals surface area contributed by atoms with Crippen LogP contribution in [0.4, 0.5) is 0 Å². The number of ether oxygens (including phenoxy) is 1. The predicted octanol–water partition coefficient (Wildman–Crippen LogP) is 1.91. The monoisotopic (exact) mass is 174 g/mol. The molecule has 0 aromatic carbocycles. The molecule has 3 heteroatoms. The lowest BCUT2D eigenvalue weighted by Crippen LogP contribution is -2.30. The SMILES string of the molecule is CCCC(C)C(OCC)C(=O)O. The van der Waals surface area contributed by atoms with Crippen LogP contribution in [0.1, 0.15) is 33.6 Å². The van der Waals surface area contributed by atoms with Gasteiger partial charge in [0.05, 0.1) is 0 Å². The lowest BCUT2D eigenvalue weighted by atomic mass is 9.99. The maximum atomic E-state index is 10.7. The van der Waals surface area contributed by atoms with Crippen molar-refractivity contribution in [3.63, 3.8) is 0 Å². The largest absolute Gasteiger partial charge is 0.479 e. The van der Waals surface area contributed by atoms with Gasteiger partial charge in [-0.3, -0.25) is 0 Å². The first-order chi connectivity index (χ1) is 5.63. The summed E-state index contributed by atoms with van der Waals surface area (Å²) in [6, 6.07) is 0. The molecule has 0 saturated heterocycles. The zero-order valence-electron chi connectivity index (χ0n) is 8.04. The number of carboxylic acids is 1. The van der Waals surface area contributed by atoms with E-state index in [-0.39, 0.29) is 5.92 Å². The Labute approximate surface area is 73.7 Å². The first-order valence-corrected chi connectivity index (χ1v) is 4.47. The van der Waals surface area contributed by atoms with Gasteiger partial charge in [0.25, 0.3) is 0 Å². The van der Waals surface area contributed by atoms with Crippen molar-refractivity contribution in [1.29, 1.82) is 0 Å². The first kappa shape index (κ1) is 11.4. The van der Waals surface area contributed by atoms with E-state index >= 15 is 0 Å². The number of rotatable bonds is 6. The molecule has 12 heavy (non-hydrogen) atoms. The third-order valence-electron chi connectivity index (χ3n) is 1.85. The zero-order valence-corrected chi connectivity index (χ0v) is 8.04. The van der Waals surface area contributed by atoms with E-state index in [4.69, 9.17) is 9.84 Å². The molecular formula is C9H18O3. The quantitative estimate of drug-likeness (QED) is 0.669. The van der Waals surface area contributed by atoms with E-state index in [9.17, 15) is 4.79 Å². The topological polar surface area (TPSA) is 46.5 Å². The summed E-state index contributed by atoms with van der Waals surface area (Å²) in [6.45, 7) is 6.24. The minimum Gasteiger partial charge on any atom is -0.479 e. The minimum absolute atomic E-state index is 0.104. The number of aliphatic carboxylic acids is 1. The Balaban J connectivity index is 3.99. The number of carboxylic acid groups (broad SMARTS) is 1. The van der Waals surface area contributed by atoms with Crippen molar-refractivity contribution in [2.75, 3.05) is 6.61 Å². The van der Waals surface area contributed by atoms with Crippen molar-refractivity contribution in [2.45, 2.75) is 39.7 Å². The average Bonchev–Trinajstić information content (AvgIpc) is 1.99. The van der Waals surface area contributed by atoms with Gasteiger partial charge in [-0.1, -0.05) is 20.3 Å². The van der Waals surface area contributed by atoms with Gasteiger partial charge in [0, 0.05) is 6.61 Å². The van der Waals surface area contributed by atoms with Crippen molar-refractivity contribution < 1.29 is 14.6 Å². The lowest BCUT2D eigenvalue weighted by Gasteiger charge is -2.18. The molecule has 1 N–H and O–H groups in total. The third-order valence-corrected chi connectivity index (χ3v) is 1.85. The lowest BCUT2D eigenvalue weighted by molar-refractivity contribution is -0.153. The summed E-state index contributed by atoms with van der Waals surface area (Å²) in [5, 5.41) is 8.78. The Morgan fingerprint density at radius 1 is 1.50 bits per heavy atom. The van der Waals surface area contributed by atoms with Gasteiger partial charge in [0.2, 0.25) is 0 Å². The van der Waals surface area contributed by atoms with Crippen molar-refractivity contribution >= 4 is 5.97 Å². The van der Waals surface area contributed by atoms with E-state index in [1.54, 1.807) is 0 Å². The molecule has 2 atom stereocenters. The molecule has 0 bridgehead atoms. The molecule has 72 valence electrons. The molecule has 0 heterocycles. The fourth-order valence-corrected chi connectivity index (χ4v) is 1.27. The highest BCUT2D eigenvalue weighted by Gasteiger charge is 2.23. The van der Waals surface area contributed by atoms with Gasteiger partial charge in [-0.25, -0.2) is 4.79 Å². The highest BCUT2D eigenvalue weighted by molar-refractivity contribution is 5.72. The number of hydrogen-bond donors (Lipinski definition) is 1. The van der Waals surface area contributed by atoms with Crippen molar-refractivity contribution in [2.24, 2.45) is 5.92 Å². The van der Waals surface area contributed by atoms with Crippen LogP contribution in [-0.2, 0) is 9.53 Å². The smallest absolute Gasteiger partial charge is 0.333 e. The van der Waals surface area contributed by atoms with Crippen LogP contribution in [-0.4, -0.2) is 23.8 Å². The summed E-state index contributed by atoms with van der Waals surface area (Å²) < 4.78 is 5.12. The maximum Gasteiger partial charge on any atom is 0.333 e. The second-order valence-electron chi connectivity index (χ2n) is 2.98.